The van der Waals surface area contributed by atoms with Crippen molar-refractivity contribution in [3.63, 3.8) is 0 Å². The average molecular weight is 249 g/mol. The Balaban J connectivity index is 1.75. The van der Waals surface area contributed by atoms with Gasteiger partial charge in [-0.1, -0.05) is 19.1 Å². The molecule has 1 aliphatic heterocycles. The summed E-state index contributed by atoms with van der Waals surface area (Å²) >= 11 is 0. The maximum Gasteiger partial charge on any atom is 0.307 e. The van der Waals surface area contributed by atoms with E-state index in [9.17, 15) is 4.79 Å². The third-order valence-electron chi connectivity index (χ3n) is 3.22. The normalized spacial score (nSPS) is 14.9. The number of carboxylic acids is 1. The molecule has 0 aliphatic carbocycles. The Morgan fingerprint density at radius 2 is 2.39 bits per heavy atom. The Bertz CT molecular complexity index is 431. The largest absolute Gasteiger partial charge is 0.493 e. The fourth-order valence-corrected chi connectivity index (χ4v) is 2.03. The zero-order valence-electron chi connectivity index (χ0n) is 10.6. The van der Waals surface area contributed by atoms with Crippen LogP contribution in [0, 0.1) is 5.92 Å². The highest BCUT2D eigenvalue weighted by Crippen LogP contribution is 2.25. The molecule has 4 heteroatoms. The highest BCUT2D eigenvalue weighted by Gasteiger charge is 2.12. The molecule has 98 valence electrons. The summed E-state index contributed by atoms with van der Waals surface area (Å²) in [6.07, 6.45) is 1.91. The molecule has 2 rings (SSSR count). The number of fused-ring (bicyclic) bond motifs is 1. The van der Waals surface area contributed by atoms with E-state index in [1.54, 1.807) is 6.92 Å². The molecule has 4 nitrogen and oxygen atoms in total. The smallest absolute Gasteiger partial charge is 0.307 e. The van der Waals surface area contributed by atoms with Crippen molar-refractivity contribution in [1.82, 2.24) is 5.32 Å². The number of hydrogen-bond acceptors (Lipinski definition) is 3. The lowest BCUT2D eigenvalue weighted by Crippen LogP contribution is -2.27. The molecule has 0 aromatic heterocycles. The number of carboxylic acid groups (broad SMARTS) is 1. The van der Waals surface area contributed by atoms with E-state index in [2.05, 4.69) is 17.4 Å². The first kappa shape index (κ1) is 12.9. The van der Waals surface area contributed by atoms with Crippen molar-refractivity contribution in [3.8, 4) is 5.75 Å². The van der Waals surface area contributed by atoms with Gasteiger partial charge in [-0.25, -0.2) is 0 Å². The van der Waals surface area contributed by atoms with Gasteiger partial charge in [0.25, 0.3) is 0 Å². The molecule has 0 spiro atoms. The van der Waals surface area contributed by atoms with Gasteiger partial charge in [0.15, 0.2) is 0 Å². The molecule has 1 unspecified atom stereocenters. The van der Waals surface area contributed by atoms with Gasteiger partial charge in [-0.15, -0.1) is 0 Å². The van der Waals surface area contributed by atoms with Crippen LogP contribution in [-0.2, 0) is 17.6 Å². The van der Waals surface area contributed by atoms with Crippen LogP contribution in [0.25, 0.3) is 0 Å². The van der Waals surface area contributed by atoms with Gasteiger partial charge in [-0.05, 0) is 30.2 Å². The first-order chi connectivity index (χ1) is 8.66. The van der Waals surface area contributed by atoms with Gasteiger partial charge in [0.1, 0.15) is 5.75 Å². The zero-order chi connectivity index (χ0) is 13.0. The standard InChI is InChI=1S/C14H19NO3/c1-10(14(16)17)9-15-6-4-11-2-3-13-12(8-11)5-7-18-13/h2-3,8,10,15H,4-7,9H2,1H3,(H,16,17). The topological polar surface area (TPSA) is 58.6 Å². The summed E-state index contributed by atoms with van der Waals surface area (Å²) in [5.74, 6) is -0.0817. The lowest BCUT2D eigenvalue weighted by atomic mass is 10.1. The molecule has 0 fully saturated rings. The number of aliphatic carboxylic acids is 1. The zero-order valence-corrected chi connectivity index (χ0v) is 10.6. The fourth-order valence-electron chi connectivity index (χ4n) is 2.03. The molecule has 0 saturated carbocycles. The molecule has 1 aromatic carbocycles. The molecule has 0 bridgehead atoms. The average Bonchev–Trinajstić information content (AvgIpc) is 2.81. The van der Waals surface area contributed by atoms with Gasteiger partial charge in [0.05, 0.1) is 12.5 Å². The predicted octanol–water partition coefficient (Wildman–Crippen LogP) is 1.47. The van der Waals surface area contributed by atoms with Crippen molar-refractivity contribution in [3.05, 3.63) is 29.3 Å². The number of carbonyl (C=O) groups is 1. The molecule has 18 heavy (non-hydrogen) atoms. The number of hydrogen-bond donors (Lipinski definition) is 2. The van der Waals surface area contributed by atoms with Crippen LogP contribution in [0.2, 0.25) is 0 Å². The van der Waals surface area contributed by atoms with E-state index in [1.807, 2.05) is 6.07 Å². The van der Waals surface area contributed by atoms with E-state index >= 15 is 0 Å². The SMILES string of the molecule is CC(CNCCc1ccc2c(c1)CCO2)C(=O)O. The molecular weight excluding hydrogens is 230 g/mol. The summed E-state index contributed by atoms with van der Waals surface area (Å²) in [6, 6.07) is 6.29. The van der Waals surface area contributed by atoms with Crippen molar-refractivity contribution < 1.29 is 14.6 Å². The number of rotatable bonds is 6. The third-order valence-corrected chi connectivity index (χ3v) is 3.22. The van der Waals surface area contributed by atoms with Crippen LogP contribution in [0.4, 0.5) is 0 Å². The first-order valence-electron chi connectivity index (χ1n) is 6.35. The number of ether oxygens (including phenoxy) is 1. The van der Waals surface area contributed by atoms with E-state index in [0.717, 1.165) is 31.7 Å². The van der Waals surface area contributed by atoms with E-state index in [1.165, 1.54) is 11.1 Å². The highest BCUT2D eigenvalue weighted by atomic mass is 16.5. The van der Waals surface area contributed by atoms with Crippen LogP contribution in [0.3, 0.4) is 0 Å². The third kappa shape index (κ3) is 3.23. The van der Waals surface area contributed by atoms with Crippen LogP contribution < -0.4 is 10.1 Å². The van der Waals surface area contributed by atoms with Crippen LogP contribution in [0.5, 0.6) is 5.75 Å². The summed E-state index contributed by atoms with van der Waals surface area (Å²) in [4.78, 5) is 10.6. The maximum atomic E-state index is 10.6. The van der Waals surface area contributed by atoms with Gasteiger partial charge in [0, 0.05) is 13.0 Å². The lowest BCUT2D eigenvalue weighted by molar-refractivity contribution is -0.140. The minimum atomic E-state index is -0.753. The monoisotopic (exact) mass is 249 g/mol. The van der Waals surface area contributed by atoms with Crippen molar-refractivity contribution >= 4 is 5.97 Å². The van der Waals surface area contributed by atoms with E-state index in [4.69, 9.17) is 9.84 Å². The molecule has 0 amide bonds. The van der Waals surface area contributed by atoms with Gasteiger partial charge >= 0.3 is 5.97 Å². The molecule has 1 aromatic rings. The Morgan fingerprint density at radius 1 is 1.56 bits per heavy atom. The highest BCUT2D eigenvalue weighted by molar-refractivity contribution is 5.69. The van der Waals surface area contributed by atoms with Gasteiger partial charge < -0.3 is 15.2 Å². The molecule has 1 aliphatic rings. The molecule has 1 heterocycles. The Morgan fingerprint density at radius 3 is 3.17 bits per heavy atom. The van der Waals surface area contributed by atoms with Crippen LogP contribution >= 0.6 is 0 Å². The second kappa shape index (κ2) is 5.87. The van der Waals surface area contributed by atoms with Gasteiger partial charge in [0.2, 0.25) is 0 Å². The molecule has 2 N–H and O–H groups in total. The van der Waals surface area contributed by atoms with Crippen LogP contribution in [-0.4, -0.2) is 30.8 Å². The van der Waals surface area contributed by atoms with Crippen molar-refractivity contribution in [1.29, 1.82) is 0 Å². The van der Waals surface area contributed by atoms with Crippen molar-refractivity contribution in [2.24, 2.45) is 5.92 Å². The van der Waals surface area contributed by atoms with Crippen LogP contribution in [0.1, 0.15) is 18.1 Å². The second-order valence-electron chi connectivity index (χ2n) is 4.73. The van der Waals surface area contributed by atoms with Gasteiger partial charge in [-0.2, -0.15) is 0 Å². The molecular formula is C14H19NO3. The predicted molar refractivity (Wildman–Crippen MR) is 69.0 cm³/mol. The van der Waals surface area contributed by atoms with Gasteiger partial charge in [-0.3, -0.25) is 4.79 Å². The number of nitrogens with one attached hydrogen (secondary N) is 1. The van der Waals surface area contributed by atoms with E-state index in [-0.39, 0.29) is 5.92 Å². The fraction of sp³-hybridized carbons (Fsp3) is 0.500. The summed E-state index contributed by atoms with van der Waals surface area (Å²) in [6.45, 7) is 3.82. The van der Waals surface area contributed by atoms with Crippen molar-refractivity contribution in [2.75, 3.05) is 19.7 Å². The summed E-state index contributed by atoms with van der Waals surface area (Å²) in [5.41, 5.74) is 2.56. The van der Waals surface area contributed by atoms with Crippen LogP contribution in [0.15, 0.2) is 18.2 Å². The summed E-state index contributed by atoms with van der Waals surface area (Å²) in [5, 5.41) is 11.9. The first-order valence-corrected chi connectivity index (χ1v) is 6.35. The quantitative estimate of drug-likeness (QED) is 0.750. The Kier molecular flexibility index (Phi) is 4.20. The number of benzene rings is 1. The lowest BCUT2D eigenvalue weighted by Gasteiger charge is -2.08. The summed E-state index contributed by atoms with van der Waals surface area (Å²) < 4.78 is 5.46. The minimum Gasteiger partial charge on any atom is -0.493 e. The molecule has 1 atom stereocenters. The molecule has 0 radical (unpaired) electrons. The van der Waals surface area contributed by atoms with E-state index < -0.39 is 5.97 Å². The Labute approximate surface area is 107 Å². The maximum absolute atomic E-state index is 10.6. The van der Waals surface area contributed by atoms with Crippen molar-refractivity contribution in [2.45, 2.75) is 19.8 Å². The second-order valence-corrected chi connectivity index (χ2v) is 4.73. The summed E-state index contributed by atoms with van der Waals surface area (Å²) in [7, 11) is 0. The van der Waals surface area contributed by atoms with E-state index in [0.29, 0.717) is 6.54 Å². The molecule has 0 saturated heterocycles. The minimum absolute atomic E-state index is 0.335. The Hall–Kier alpha value is -1.55.